The van der Waals surface area contributed by atoms with Crippen molar-refractivity contribution in [3.8, 4) is 23.1 Å². The lowest BCUT2D eigenvalue weighted by atomic mass is 9.84. The molecule has 0 radical (unpaired) electrons. The van der Waals surface area contributed by atoms with E-state index in [0.717, 1.165) is 11.8 Å². The number of carbonyl (C=O) groups is 1. The van der Waals surface area contributed by atoms with Crippen LogP contribution >= 0.6 is 11.8 Å². The summed E-state index contributed by atoms with van der Waals surface area (Å²) in [6.45, 7) is 2.09. The van der Waals surface area contributed by atoms with Gasteiger partial charge >= 0.3 is 0 Å². The third-order valence-electron chi connectivity index (χ3n) is 6.54. The minimum Gasteiger partial charge on any atom is -0.497 e. The fourth-order valence-electron chi connectivity index (χ4n) is 5.03. The molecule has 8 heteroatoms. The number of ether oxygens (including phenoxy) is 1. The number of H-pyrrole nitrogens is 1. The molecule has 31 heavy (non-hydrogen) atoms. The fourth-order valence-corrected chi connectivity index (χ4v) is 5.70. The second-order valence-electron chi connectivity index (χ2n) is 8.42. The molecule has 162 valence electrons. The molecule has 7 nitrogen and oxygen atoms in total. The highest BCUT2D eigenvalue weighted by atomic mass is 32.2. The van der Waals surface area contributed by atoms with Crippen LogP contribution in [-0.2, 0) is 4.79 Å². The van der Waals surface area contributed by atoms with Crippen LogP contribution in [0.5, 0.6) is 5.75 Å². The van der Waals surface area contributed by atoms with Gasteiger partial charge in [0.2, 0.25) is 5.91 Å². The summed E-state index contributed by atoms with van der Waals surface area (Å²) in [5.74, 6) is 2.91. The Hall–Kier alpha value is -2.79. The molecule has 2 aromatic rings. The smallest absolute Gasteiger partial charge is 0.270 e. The maximum atomic E-state index is 12.5. The molecule has 4 atom stereocenters. The number of hydrogen-bond acceptors (Lipinski definition) is 6. The predicted octanol–water partition coefficient (Wildman–Crippen LogP) is 3.35. The number of carbonyl (C=O) groups excluding carboxylic acids is 1. The van der Waals surface area contributed by atoms with Gasteiger partial charge in [0.15, 0.2) is 5.16 Å². The first-order valence-corrected chi connectivity index (χ1v) is 11.6. The number of aromatic nitrogens is 2. The van der Waals surface area contributed by atoms with E-state index < -0.39 is 5.56 Å². The Balaban J connectivity index is 1.43. The van der Waals surface area contributed by atoms with Crippen molar-refractivity contribution in [1.29, 1.82) is 5.26 Å². The van der Waals surface area contributed by atoms with Crippen molar-refractivity contribution in [3.05, 3.63) is 40.2 Å². The predicted molar refractivity (Wildman–Crippen MR) is 119 cm³/mol. The third kappa shape index (κ3) is 4.62. The van der Waals surface area contributed by atoms with Crippen molar-refractivity contribution in [2.24, 2.45) is 17.8 Å². The van der Waals surface area contributed by atoms with Gasteiger partial charge in [0.1, 0.15) is 17.4 Å². The van der Waals surface area contributed by atoms with Crippen molar-refractivity contribution in [1.82, 2.24) is 15.3 Å². The quantitative estimate of drug-likeness (QED) is 0.507. The van der Waals surface area contributed by atoms with E-state index in [1.54, 1.807) is 31.4 Å². The van der Waals surface area contributed by atoms with E-state index in [9.17, 15) is 14.9 Å². The zero-order valence-electron chi connectivity index (χ0n) is 17.7. The van der Waals surface area contributed by atoms with Crippen molar-refractivity contribution in [2.45, 2.75) is 43.8 Å². The lowest BCUT2D eigenvalue weighted by molar-refractivity contribution is -0.119. The average molecular weight is 439 g/mol. The summed E-state index contributed by atoms with van der Waals surface area (Å²) in [5, 5.41) is 12.9. The minimum absolute atomic E-state index is 0.0520. The number of amides is 1. The number of rotatable bonds is 7. The van der Waals surface area contributed by atoms with Crippen molar-refractivity contribution < 1.29 is 9.53 Å². The van der Waals surface area contributed by atoms with Crippen LogP contribution in [0.15, 0.2) is 34.2 Å². The summed E-state index contributed by atoms with van der Waals surface area (Å²) in [6, 6.07) is 9.08. The van der Waals surface area contributed by atoms with E-state index in [1.807, 2.05) is 6.07 Å². The van der Waals surface area contributed by atoms with Gasteiger partial charge in [0.25, 0.3) is 5.56 Å². The summed E-state index contributed by atoms with van der Waals surface area (Å²) in [5.41, 5.74) is 0.372. The molecule has 4 rings (SSSR count). The molecule has 0 aliphatic heterocycles. The fraction of sp³-hybridized carbons (Fsp3) is 0.478. The van der Waals surface area contributed by atoms with Gasteiger partial charge in [-0.2, -0.15) is 5.26 Å². The molecule has 0 spiro atoms. The molecule has 1 heterocycles. The Labute approximate surface area is 185 Å². The Morgan fingerprint density at radius 1 is 1.35 bits per heavy atom. The number of hydrogen-bond donors (Lipinski definition) is 2. The Morgan fingerprint density at radius 2 is 2.13 bits per heavy atom. The highest BCUT2D eigenvalue weighted by molar-refractivity contribution is 7.99. The lowest BCUT2D eigenvalue weighted by Gasteiger charge is -2.28. The molecule has 2 saturated carbocycles. The maximum absolute atomic E-state index is 12.5. The normalized spacial score (nSPS) is 22.7. The molecule has 1 amide bonds. The molecule has 2 aliphatic carbocycles. The van der Waals surface area contributed by atoms with Crippen LogP contribution in [0.4, 0.5) is 0 Å². The second-order valence-corrected chi connectivity index (χ2v) is 9.38. The molecule has 2 fully saturated rings. The molecular weight excluding hydrogens is 412 g/mol. The first kappa shape index (κ1) is 21.4. The zero-order valence-corrected chi connectivity index (χ0v) is 18.5. The first-order valence-electron chi connectivity index (χ1n) is 10.6. The number of benzene rings is 1. The summed E-state index contributed by atoms with van der Waals surface area (Å²) < 4.78 is 5.16. The van der Waals surface area contributed by atoms with Crippen molar-refractivity contribution in [2.75, 3.05) is 12.9 Å². The second kappa shape index (κ2) is 9.15. The number of aromatic amines is 1. The van der Waals surface area contributed by atoms with E-state index in [-0.39, 0.29) is 23.3 Å². The number of nitrogens with one attached hydrogen (secondary N) is 2. The van der Waals surface area contributed by atoms with E-state index in [0.29, 0.717) is 28.1 Å². The number of nitriles is 1. The number of methoxy groups -OCH3 is 1. The molecular formula is C23H26N4O3S. The van der Waals surface area contributed by atoms with Gasteiger partial charge in [-0.3, -0.25) is 9.59 Å². The molecule has 0 saturated heterocycles. The van der Waals surface area contributed by atoms with Gasteiger partial charge < -0.3 is 15.0 Å². The minimum atomic E-state index is -0.512. The molecule has 2 aliphatic rings. The van der Waals surface area contributed by atoms with Gasteiger partial charge in [-0.1, -0.05) is 18.2 Å². The highest BCUT2D eigenvalue weighted by Gasteiger charge is 2.42. The largest absolute Gasteiger partial charge is 0.497 e. The molecule has 2 bridgehead atoms. The molecule has 1 aromatic heterocycles. The van der Waals surface area contributed by atoms with E-state index >= 15 is 0 Å². The van der Waals surface area contributed by atoms with Crippen LogP contribution in [0, 0.1) is 29.1 Å². The van der Waals surface area contributed by atoms with Crippen LogP contribution in [0.3, 0.4) is 0 Å². The average Bonchev–Trinajstić information content (AvgIpc) is 3.41. The third-order valence-corrected chi connectivity index (χ3v) is 7.41. The van der Waals surface area contributed by atoms with Gasteiger partial charge in [-0.15, -0.1) is 0 Å². The van der Waals surface area contributed by atoms with Gasteiger partial charge in [0.05, 0.1) is 18.6 Å². The van der Waals surface area contributed by atoms with Crippen LogP contribution in [-0.4, -0.2) is 34.8 Å². The van der Waals surface area contributed by atoms with Crippen LogP contribution in [0.25, 0.3) is 11.3 Å². The SMILES string of the molecule is COc1ccc(-c2nc(SCC(=O)N[C@@H](C)[C@H]3C[C@H]4CC[C@H]3C4)[nH]c(=O)c2C#N)cc1. The molecule has 0 unspecified atom stereocenters. The highest BCUT2D eigenvalue weighted by Crippen LogP contribution is 2.49. The van der Waals surface area contributed by atoms with Gasteiger partial charge in [-0.05, 0) is 68.2 Å². The van der Waals surface area contributed by atoms with Gasteiger partial charge in [-0.25, -0.2) is 4.98 Å². The summed E-state index contributed by atoms with van der Waals surface area (Å²) >= 11 is 1.17. The van der Waals surface area contributed by atoms with E-state index in [2.05, 4.69) is 22.2 Å². The van der Waals surface area contributed by atoms with E-state index in [4.69, 9.17) is 4.74 Å². The summed E-state index contributed by atoms with van der Waals surface area (Å²) in [7, 11) is 1.57. The number of nitrogens with zero attached hydrogens (tertiary/aromatic N) is 2. The van der Waals surface area contributed by atoms with E-state index in [1.165, 1.54) is 37.4 Å². The van der Waals surface area contributed by atoms with Crippen molar-refractivity contribution in [3.63, 3.8) is 0 Å². The maximum Gasteiger partial charge on any atom is 0.270 e. The lowest BCUT2D eigenvalue weighted by Crippen LogP contribution is -2.41. The zero-order chi connectivity index (χ0) is 22.0. The summed E-state index contributed by atoms with van der Waals surface area (Å²) in [6.07, 6.45) is 5.15. The first-order chi connectivity index (χ1) is 15.0. The molecule has 2 N–H and O–H groups in total. The topological polar surface area (TPSA) is 108 Å². The van der Waals surface area contributed by atoms with Gasteiger partial charge in [0, 0.05) is 11.6 Å². The Morgan fingerprint density at radius 3 is 2.74 bits per heavy atom. The van der Waals surface area contributed by atoms with Crippen LogP contribution in [0.1, 0.15) is 38.2 Å². The summed E-state index contributed by atoms with van der Waals surface area (Å²) in [4.78, 5) is 32.0. The number of fused-ring (bicyclic) bond motifs is 2. The standard InChI is InChI=1S/C23H26N4O3S/c1-13(18-10-14-3-4-16(18)9-14)25-20(28)12-31-23-26-21(19(11-24)22(29)27-23)15-5-7-17(30-2)8-6-15/h5-8,13-14,16,18H,3-4,9-10,12H2,1-2H3,(H,25,28)(H,26,27,29)/t13-,14-,16-,18+/m0/s1. The Kier molecular flexibility index (Phi) is 6.33. The monoisotopic (exact) mass is 438 g/mol. The van der Waals surface area contributed by atoms with Crippen LogP contribution < -0.4 is 15.6 Å². The van der Waals surface area contributed by atoms with Crippen molar-refractivity contribution >= 4 is 17.7 Å². The number of thioether (sulfide) groups is 1. The van der Waals surface area contributed by atoms with Crippen LogP contribution in [0.2, 0.25) is 0 Å². The molecule has 1 aromatic carbocycles. The Bertz CT molecular complexity index is 1060.